The molecule has 9 heteroatoms. The zero-order chi connectivity index (χ0) is 27.6. The van der Waals surface area contributed by atoms with Gasteiger partial charge in [0, 0.05) is 31.1 Å². The van der Waals surface area contributed by atoms with Crippen LogP contribution in [0.1, 0.15) is 50.8 Å². The number of carbonyl (C=O) groups is 2. The summed E-state index contributed by atoms with van der Waals surface area (Å²) >= 11 is 1.30. The molecule has 4 rings (SSSR count). The van der Waals surface area contributed by atoms with Crippen molar-refractivity contribution in [1.29, 1.82) is 5.41 Å². The molecule has 2 aromatic rings. The first-order chi connectivity index (χ1) is 17.9. The Hall–Kier alpha value is -3.30. The van der Waals surface area contributed by atoms with E-state index in [2.05, 4.69) is 41.5 Å². The van der Waals surface area contributed by atoms with Crippen LogP contribution in [0.3, 0.4) is 0 Å². The van der Waals surface area contributed by atoms with Crippen LogP contribution in [0.2, 0.25) is 0 Å². The number of likely N-dealkylation sites (N-methyl/N-ethyl adjacent to an activating group) is 1. The molecule has 202 valence electrons. The molecule has 0 spiro atoms. The molecule has 3 amide bonds. The number of amides is 3. The van der Waals surface area contributed by atoms with Crippen LogP contribution in [0.15, 0.2) is 64.0 Å². The number of hydrogen-bond acceptors (Lipinski definition) is 7. The molecule has 1 atom stereocenters. The molecule has 0 saturated carbocycles. The molecule has 2 heterocycles. The minimum atomic E-state index is -0.515. The highest BCUT2D eigenvalue weighted by Crippen LogP contribution is 2.33. The van der Waals surface area contributed by atoms with Gasteiger partial charge in [0.2, 0.25) is 0 Å². The SMILES string of the molecule is CN1C(=O)/C(=C(/NCc2ccc(C3CCCN3C)cc2)Sc2ccc(O)cc2)C(=N)N(CC(C)(C)C)C1=O. The molecule has 38 heavy (non-hydrogen) atoms. The molecular weight excluding hydrogens is 498 g/mol. The second-order valence-corrected chi connectivity index (χ2v) is 12.3. The zero-order valence-corrected chi connectivity index (χ0v) is 23.6. The number of nitrogens with one attached hydrogen (secondary N) is 2. The van der Waals surface area contributed by atoms with Crippen molar-refractivity contribution >= 4 is 29.5 Å². The molecule has 0 radical (unpaired) electrons. The lowest BCUT2D eigenvalue weighted by molar-refractivity contribution is -0.123. The van der Waals surface area contributed by atoms with Gasteiger partial charge < -0.3 is 10.4 Å². The van der Waals surface area contributed by atoms with Crippen molar-refractivity contribution in [2.45, 2.75) is 51.1 Å². The van der Waals surface area contributed by atoms with Gasteiger partial charge >= 0.3 is 6.03 Å². The van der Waals surface area contributed by atoms with Crippen LogP contribution >= 0.6 is 11.8 Å². The van der Waals surface area contributed by atoms with Gasteiger partial charge in [0.25, 0.3) is 5.91 Å². The van der Waals surface area contributed by atoms with Gasteiger partial charge in [0.1, 0.15) is 17.2 Å². The molecule has 2 aliphatic rings. The van der Waals surface area contributed by atoms with Gasteiger partial charge in [0.15, 0.2) is 0 Å². The third-order valence-electron chi connectivity index (χ3n) is 6.80. The lowest BCUT2D eigenvalue weighted by Crippen LogP contribution is -2.57. The maximum absolute atomic E-state index is 13.4. The first-order valence-corrected chi connectivity index (χ1v) is 13.7. The number of benzene rings is 2. The molecule has 2 saturated heterocycles. The maximum Gasteiger partial charge on any atom is 0.332 e. The Morgan fingerprint density at radius 3 is 2.32 bits per heavy atom. The maximum atomic E-state index is 13.4. The standard InChI is InChI=1S/C29H37N5O3S/c1-29(2,3)18-34-25(30)24(27(36)33(5)28(34)37)26(38-22-14-12-21(35)13-15-22)31-17-19-8-10-20(11-9-19)23-7-6-16-32(23)4/h8-15,23,30-31,35H,6-7,16-18H2,1-5H3/b26-24-,30-25?. The summed E-state index contributed by atoms with van der Waals surface area (Å²) in [5.74, 6) is -0.479. The van der Waals surface area contributed by atoms with Gasteiger partial charge in [-0.3, -0.25) is 24.9 Å². The topological polar surface area (TPSA) is 100.0 Å². The van der Waals surface area contributed by atoms with Crippen molar-refractivity contribution < 1.29 is 14.7 Å². The Balaban J connectivity index is 1.65. The normalized spacial score (nSPS) is 20.3. The molecule has 0 aliphatic carbocycles. The number of imide groups is 1. The van der Waals surface area contributed by atoms with E-state index in [1.54, 1.807) is 24.3 Å². The Morgan fingerprint density at radius 2 is 1.74 bits per heavy atom. The fourth-order valence-corrected chi connectivity index (χ4v) is 5.71. The number of nitrogens with zero attached hydrogens (tertiary/aromatic N) is 3. The molecule has 0 bridgehead atoms. The van der Waals surface area contributed by atoms with Crippen molar-refractivity contribution in [1.82, 2.24) is 20.0 Å². The second-order valence-electron chi connectivity index (χ2n) is 11.2. The summed E-state index contributed by atoms with van der Waals surface area (Å²) in [4.78, 5) is 31.9. The fourth-order valence-electron chi connectivity index (χ4n) is 4.77. The smallest absolute Gasteiger partial charge is 0.332 e. The van der Waals surface area contributed by atoms with Crippen LogP contribution in [-0.4, -0.2) is 64.8 Å². The summed E-state index contributed by atoms with van der Waals surface area (Å²) in [5.41, 5.74) is 2.23. The first kappa shape index (κ1) is 27.7. The number of amidine groups is 1. The average molecular weight is 536 g/mol. The van der Waals surface area contributed by atoms with E-state index in [1.165, 1.54) is 35.7 Å². The van der Waals surface area contributed by atoms with Crippen molar-refractivity contribution in [3.63, 3.8) is 0 Å². The van der Waals surface area contributed by atoms with E-state index < -0.39 is 11.9 Å². The Kier molecular flexibility index (Phi) is 8.18. The lowest BCUT2D eigenvalue weighted by atomic mass is 9.95. The number of likely N-dealkylation sites (tertiary alicyclic amines) is 1. The molecule has 3 N–H and O–H groups in total. The van der Waals surface area contributed by atoms with Crippen LogP contribution < -0.4 is 5.32 Å². The second kappa shape index (κ2) is 11.2. The molecule has 2 aromatic carbocycles. The van der Waals surface area contributed by atoms with Crippen molar-refractivity contribution in [2.24, 2.45) is 5.41 Å². The monoisotopic (exact) mass is 535 g/mol. The van der Waals surface area contributed by atoms with Crippen LogP contribution in [0.5, 0.6) is 5.75 Å². The Morgan fingerprint density at radius 1 is 1.08 bits per heavy atom. The quantitative estimate of drug-likeness (QED) is 0.334. The predicted octanol–water partition coefficient (Wildman–Crippen LogP) is 5.17. The Labute approximate surface area is 229 Å². The van der Waals surface area contributed by atoms with E-state index >= 15 is 0 Å². The highest BCUT2D eigenvalue weighted by Gasteiger charge is 2.41. The van der Waals surface area contributed by atoms with E-state index in [9.17, 15) is 14.7 Å². The van der Waals surface area contributed by atoms with Crippen LogP contribution in [0.4, 0.5) is 4.79 Å². The highest BCUT2D eigenvalue weighted by molar-refractivity contribution is 8.03. The van der Waals surface area contributed by atoms with Crippen LogP contribution in [0.25, 0.3) is 0 Å². The molecule has 0 aromatic heterocycles. The Bertz CT molecular complexity index is 1230. The molecule has 1 unspecified atom stereocenters. The number of aromatic hydroxyl groups is 1. The third kappa shape index (κ3) is 6.22. The summed E-state index contributed by atoms with van der Waals surface area (Å²) in [7, 11) is 3.61. The minimum Gasteiger partial charge on any atom is -0.508 e. The van der Waals surface area contributed by atoms with Gasteiger partial charge in [-0.2, -0.15) is 0 Å². The number of phenols is 1. The van der Waals surface area contributed by atoms with Gasteiger partial charge in [-0.25, -0.2) is 4.79 Å². The van der Waals surface area contributed by atoms with Crippen molar-refractivity contribution in [3.05, 3.63) is 70.3 Å². The first-order valence-electron chi connectivity index (χ1n) is 12.9. The fraction of sp³-hybridized carbons (Fsp3) is 0.414. The van der Waals surface area contributed by atoms with E-state index in [4.69, 9.17) is 5.41 Å². The zero-order valence-electron chi connectivity index (χ0n) is 22.7. The summed E-state index contributed by atoms with van der Waals surface area (Å²) in [5, 5.41) is 22.5. The van der Waals surface area contributed by atoms with Gasteiger partial charge in [-0.15, -0.1) is 0 Å². The van der Waals surface area contributed by atoms with Crippen LogP contribution in [0, 0.1) is 10.8 Å². The minimum absolute atomic E-state index is 0.110. The number of hydrogen-bond donors (Lipinski definition) is 3. The van der Waals surface area contributed by atoms with E-state index in [1.807, 2.05) is 20.8 Å². The molecule has 2 aliphatic heterocycles. The third-order valence-corrected chi connectivity index (χ3v) is 7.86. The number of carbonyl (C=O) groups excluding carboxylic acids is 2. The summed E-state index contributed by atoms with van der Waals surface area (Å²) in [6.07, 6.45) is 2.37. The van der Waals surface area contributed by atoms with E-state index in [0.29, 0.717) is 24.2 Å². The van der Waals surface area contributed by atoms with Gasteiger partial charge in [-0.05, 0) is 67.2 Å². The van der Waals surface area contributed by atoms with Gasteiger partial charge in [0.05, 0.1) is 5.03 Å². The van der Waals surface area contributed by atoms with Crippen LogP contribution in [-0.2, 0) is 11.3 Å². The molecule has 2 fully saturated rings. The largest absolute Gasteiger partial charge is 0.508 e. The summed E-state index contributed by atoms with van der Waals surface area (Å²) in [6.45, 7) is 7.84. The molecule has 8 nitrogen and oxygen atoms in total. The van der Waals surface area contributed by atoms with E-state index in [0.717, 1.165) is 28.3 Å². The van der Waals surface area contributed by atoms with Crippen molar-refractivity contribution in [3.8, 4) is 5.75 Å². The summed E-state index contributed by atoms with van der Waals surface area (Å²) < 4.78 is 0. The van der Waals surface area contributed by atoms with Crippen molar-refractivity contribution in [2.75, 3.05) is 27.2 Å². The number of rotatable bonds is 7. The average Bonchev–Trinajstić information content (AvgIpc) is 3.30. The number of urea groups is 1. The number of phenolic OH excluding ortho intramolecular Hbond substituents is 1. The highest BCUT2D eigenvalue weighted by atomic mass is 32.2. The molecular formula is C29H37N5O3S. The summed E-state index contributed by atoms with van der Waals surface area (Å²) in [6, 6.07) is 15.1. The predicted molar refractivity (Wildman–Crippen MR) is 151 cm³/mol. The lowest BCUT2D eigenvalue weighted by Gasteiger charge is -2.37. The van der Waals surface area contributed by atoms with Gasteiger partial charge in [-0.1, -0.05) is 56.8 Å². The van der Waals surface area contributed by atoms with E-state index in [-0.39, 0.29) is 22.6 Å². The number of thioether (sulfide) groups is 1.